The third-order valence-corrected chi connectivity index (χ3v) is 14.1. The summed E-state index contributed by atoms with van der Waals surface area (Å²) in [5.74, 6) is -2.26. The molecule has 5 atom stereocenters. The largest absolute Gasteiger partial charge is 0.363 e. The summed E-state index contributed by atoms with van der Waals surface area (Å²) < 4.78 is 0. The van der Waals surface area contributed by atoms with Gasteiger partial charge in [-0.15, -0.1) is 0 Å². The fourth-order valence-corrected chi connectivity index (χ4v) is 10.4. The van der Waals surface area contributed by atoms with Gasteiger partial charge < -0.3 is 26.6 Å². The Bertz CT molecular complexity index is 1370. The first-order chi connectivity index (χ1) is 23.0. The van der Waals surface area contributed by atoms with Crippen molar-refractivity contribution >= 4 is 35.3 Å². The van der Waals surface area contributed by atoms with E-state index in [1.165, 1.54) is 0 Å². The Morgan fingerprint density at radius 3 is 1.96 bits per heavy atom. The summed E-state index contributed by atoms with van der Waals surface area (Å²) in [4.78, 5) is 82.7. The smallest absolute Gasteiger partial charge is 0.316 e. The van der Waals surface area contributed by atoms with Gasteiger partial charge in [-0.05, 0) is 79.4 Å². The van der Waals surface area contributed by atoms with E-state index in [0.717, 1.165) is 83.5 Å². The Morgan fingerprint density at radius 2 is 1.47 bits per heavy atom. The second kappa shape index (κ2) is 13.0. The van der Waals surface area contributed by atoms with E-state index < -0.39 is 53.2 Å². The number of hydrogen-bond acceptors (Lipinski definition) is 6. The van der Waals surface area contributed by atoms with Gasteiger partial charge in [0, 0.05) is 17.9 Å². The van der Waals surface area contributed by atoms with E-state index in [-0.39, 0.29) is 45.7 Å². The molecule has 0 radical (unpaired) electrons. The highest BCUT2D eigenvalue weighted by Gasteiger charge is 2.85. The number of ketones is 2. The van der Waals surface area contributed by atoms with E-state index in [0.29, 0.717) is 19.4 Å². The minimum absolute atomic E-state index is 0.00242. The zero-order valence-corrected chi connectivity index (χ0v) is 30.3. The molecular formula is C38H59N5O6. The maximum atomic E-state index is 14.8. The van der Waals surface area contributed by atoms with Crippen LogP contribution in [0.25, 0.3) is 0 Å². The van der Waals surface area contributed by atoms with Gasteiger partial charge in [0.15, 0.2) is 5.78 Å². The monoisotopic (exact) mass is 681 g/mol. The molecule has 0 aromatic rings. The van der Waals surface area contributed by atoms with Crippen molar-refractivity contribution in [2.45, 2.75) is 155 Å². The van der Waals surface area contributed by atoms with Crippen LogP contribution >= 0.6 is 0 Å². The molecular weight excluding hydrogens is 622 g/mol. The number of likely N-dealkylation sites (tertiary alicyclic amines) is 1. The quantitative estimate of drug-likeness (QED) is 0.226. The molecule has 1 aliphatic heterocycles. The number of Topliss-reactive ketones (excluding diaryl/α,β-unsaturated/α-hetero) is 2. The maximum Gasteiger partial charge on any atom is 0.316 e. The van der Waals surface area contributed by atoms with Gasteiger partial charge in [0.2, 0.25) is 17.6 Å². The molecule has 2 spiro atoms. The number of primary amides is 1. The van der Waals surface area contributed by atoms with Crippen LogP contribution in [0.4, 0.5) is 4.79 Å². The molecule has 0 aromatic carbocycles. The number of hydrogen-bond donors (Lipinski definition) is 4. The first-order valence-corrected chi connectivity index (χ1v) is 19.1. The average Bonchev–Trinajstić information content (AvgIpc) is 3.86. The lowest BCUT2D eigenvalue weighted by Gasteiger charge is -2.37. The number of carbonyl (C=O) groups excluding carboxylic acids is 6. The molecule has 5 aliphatic carbocycles. The Labute approximate surface area is 291 Å². The topological polar surface area (TPSA) is 168 Å². The molecule has 1 unspecified atom stereocenters. The molecule has 5 saturated carbocycles. The molecule has 1 saturated heterocycles. The predicted molar refractivity (Wildman–Crippen MR) is 184 cm³/mol. The van der Waals surface area contributed by atoms with Gasteiger partial charge in [-0.2, -0.15) is 0 Å². The van der Waals surface area contributed by atoms with Crippen LogP contribution in [0.1, 0.15) is 131 Å². The number of rotatable bonds is 12. The maximum absolute atomic E-state index is 14.8. The van der Waals surface area contributed by atoms with Crippen molar-refractivity contribution in [2.24, 2.45) is 45.1 Å². The van der Waals surface area contributed by atoms with E-state index in [1.54, 1.807) is 4.90 Å². The number of nitrogens with zero attached hydrogens (tertiary/aromatic N) is 1. The molecule has 5 amide bonds. The summed E-state index contributed by atoms with van der Waals surface area (Å²) in [5, 5.41) is 8.85. The Balaban J connectivity index is 1.24. The van der Waals surface area contributed by atoms with Gasteiger partial charge in [0.25, 0.3) is 5.91 Å². The predicted octanol–water partition coefficient (Wildman–Crippen LogP) is 4.16. The highest BCUT2D eigenvalue weighted by atomic mass is 16.2. The number of fused-ring (bicyclic) bond motifs is 1. The fourth-order valence-electron chi connectivity index (χ4n) is 10.4. The molecule has 49 heavy (non-hydrogen) atoms. The third kappa shape index (κ3) is 6.30. The number of carbonyl (C=O) groups is 6. The first kappa shape index (κ1) is 35.8. The Morgan fingerprint density at radius 1 is 0.816 bits per heavy atom. The zero-order valence-electron chi connectivity index (χ0n) is 30.3. The molecule has 0 bridgehead atoms. The lowest BCUT2D eigenvalue weighted by atomic mass is 9.73. The van der Waals surface area contributed by atoms with E-state index in [2.05, 4.69) is 29.8 Å². The van der Waals surface area contributed by atoms with Crippen LogP contribution < -0.4 is 21.7 Å². The number of urea groups is 1. The van der Waals surface area contributed by atoms with E-state index in [4.69, 9.17) is 5.73 Å². The molecule has 6 rings (SSSR count). The van der Waals surface area contributed by atoms with Crippen LogP contribution in [0.2, 0.25) is 0 Å². The minimum Gasteiger partial charge on any atom is -0.363 e. The molecule has 6 fully saturated rings. The van der Waals surface area contributed by atoms with Crippen LogP contribution in [0.15, 0.2) is 0 Å². The van der Waals surface area contributed by atoms with Crippen molar-refractivity contribution in [2.75, 3.05) is 6.54 Å². The molecule has 5 N–H and O–H groups in total. The van der Waals surface area contributed by atoms with Crippen LogP contribution in [0, 0.1) is 39.4 Å². The second-order valence-corrected chi connectivity index (χ2v) is 18.1. The summed E-state index contributed by atoms with van der Waals surface area (Å²) in [6.07, 6.45) is 13.6. The van der Waals surface area contributed by atoms with Crippen molar-refractivity contribution in [1.29, 1.82) is 0 Å². The SMILES string of the molecule is CC(C)(C)[C@H](NC(=O)N[C@@H](C(=O)C1CC1)C1CCCCC1)C(=O)N1C[C@@]2(C[C@H]1C(=O)NC(CC1CCC1)C(=O)C(N)=O)C(C)(C)C21CCC1. The fraction of sp³-hybridized carbons (Fsp3) is 0.842. The van der Waals surface area contributed by atoms with Gasteiger partial charge in [0.05, 0.1) is 12.1 Å². The number of nitrogens with one attached hydrogen (secondary N) is 3. The van der Waals surface area contributed by atoms with Crippen LogP contribution in [0.5, 0.6) is 0 Å². The van der Waals surface area contributed by atoms with E-state index in [9.17, 15) is 28.8 Å². The summed E-state index contributed by atoms with van der Waals surface area (Å²) in [5.41, 5.74) is 4.39. The van der Waals surface area contributed by atoms with Gasteiger partial charge >= 0.3 is 6.03 Å². The van der Waals surface area contributed by atoms with Crippen molar-refractivity contribution in [3.8, 4) is 0 Å². The molecule has 11 nitrogen and oxygen atoms in total. The van der Waals surface area contributed by atoms with Gasteiger partial charge in [0.1, 0.15) is 12.1 Å². The zero-order chi connectivity index (χ0) is 35.5. The molecule has 0 aromatic heterocycles. The van der Waals surface area contributed by atoms with Crippen LogP contribution in [-0.4, -0.2) is 70.9 Å². The summed E-state index contributed by atoms with van der Waals surface area (Å²) >= 11 is 0. The van der Waals surface area contributed by atoms with Crippen molar-refractivity contribution in [3.63, 3.8) is 0 Å². The lowest BCUT2D eigenvalue weighted by Crippen LogP contribution is -2.61. The van der Waals surface area contributed by atoms with Crippen LogP contribution in [-0.2, 0) is 24.0 Å². The molecule has 272 valence electrons. The Hall–Kier alpha value is -2.98. The first-order valence-electron chi connectivity index (χ1n) is 19.1. The summed E-state index contributed by atoms with van der Waals surface area (Å²) in [6.45, 7) is 10.5. The number of nitrogens with two attached hydrogens (primary N) is 1. The van der Waals surface area contributed by atoms with Crippen molar-refractivity contribution < 1.29 is 28.8 Å². The lowest BCUT2D eigenvalue weighted by molar-refractivity contribution is -0.143. The second-order valence-electron chi connectivity index (χ2n) is 18.1. The third-order valence-electron chi connectivity index (χ3n) is 14.1. The standard InChI is InChI=1S/C38H59N5O6/c1-35(2,3)30(42-34(49)41-27(28(44)24-15-16-24)23-13-7-6-8-14-23)33(48)43-21-38(36(4,5)37(38)17-10-18-37)20-26(43)32(47)40-25(29(45)31(39)46)19-22-11-9-12-22/h22-27,30H,6-21H2,1-5H3,(H2,39,46)(H,40,47)(H2,41,42,49)/t25?,26-,27+,30+,38-/m0/s1. The summed E-state index contributed by atoms with van der Waals surface area (Å²) in [6, 6.07) is -3.98. The van der Waals surface area contributed by atoms with Gasteiger partial charge in [-0.25, -0.2) is 4.79 Å². The molecule has 6 aliphatic rings. The van der Waals surface area contributed by atoms with Crippen LogP contribution in [0.3, 0.4) is 0 Å². The van der Waals surface area contributed by atoms with Gasteiger partial charge in [-0.3, -0.25) is 24.0 Å². The summed E-state index contributed by atoms with van der Waals surface area (Å²) in [7, 11) is 0. The van der Waals surface area contributed by atoms with Gasteiger partial charge in [-0.1, -0.05) is 79.6 Å². The molecule has 11 heteroatoms. The highest BCUT2D eigenvalue weighted by molar-refractivity contribution is 6.37. The van der Waals surface area contributed by atoms with E-state index in [1.807, 2.05) is 20.8 Å². The Kier molecular flexibility index (Phi) is 9.48. The highest BCUT2D eigenvalue weighted by Crippen LogP contribution is 2.88. The molecule has 1 heterocycles. The average molecular weight is 682 g/mol. The number of amides is 5. The van der Waals surface area contributed by atoms with Crippen molar-refractivity contribution in [3.05, 3.63) is 0 Å². The van der Waals surface area contributed by atoms with Crippen molar-refractivity contribution in [1.82, 2.24) is 20.9 Å². The minimum atomic E-state index is -1.08. The van der Waals surface area contributed by atoms with E-state index >= 15 is 0 Å². The normalized spacial score (nSPS) is 29.2.